The molecule has 0 bridgehead atoms. The maximum atomic E-state index is 12.6. The third-order valence-electron chi connectivity index (χ3n) is 4.51. The van der Waals surface area contributed by atoms with Crippen LogP contribution in [0.5, 0.6) is 0 Å². The first-order valence-corrected chi connectivity index (χ1v) is 12.7. The fourth-order valence-corrected chi connectivity index (χ4v) is 5.39. The average molecular weight is 592 g/mol. The van der Waals surface area contributed by atoms with Gasteiger partial charge in [0, 0.05) is 29.7 Å². The number of sulfonamides is 1. The smallest absolute Gasteiger partial charge is 0.242 e. The first kappa shape index (κ1) is 25.7. The minimum atomic E-state index is -3.83. The molecule has 33 heavy (non-hydrogen) atoms. The number of hydrogen-bond acceptors (Lipinski definition) is 5. The Morgan fingerprint density at radius 2 is 1.73 bits per heavy atom. The Balaban J connectivity index is 0.00000306. The summed E-state index contributed by atoms with van der Waals surface area (Å²) in [6.45, 7) is 0.370. The van der Waals surface area contributed by atoms with E-state index in [1.807, 2.05) is 18.2 Å². The monoisotopic (exact) mass is 589 g/mol. The van der Waals surface area contributed by atoms with Gasteiger partial charge in [-0.15, -0.1) is 0 Å². The van der Waals surface area contributed by atoms with Crippen molar-refractivity contribution >= 4 is 72.2 Å². The van der Waals surface area contributed by atoms with Gasteiger partial charge in [-0.05, 0) is 34.1 Å². The molecule has 0 saturated carbocycles. The topological polar surface area (TPSA) is 88.4 Å². The minimum Gasteiger partial charge on any atom is -0.369 e. The molecule has 0 radical (unpaired) electrons. The molecule has 0 aliphatic carbocycles. The Labute approximate surface area is 215 Å². The van der Waals surface area contributed by atoms with E-state index in [-0.39, 0.29) is 35.5 Å². The van der Waals surface area contributed by atoms with Gasteiger partial charge >= 0.3 is 0 Å². The molecule has 174 valence electrons. The number of nitrogens with zero attached hydrogens (tertiary/aromatic N) is 3. The number of aromatic nitrogens is 3. The zero-order chi connectivity index (χ0) is 22.9. The molecule has 0 amide bonds. The highest BCUT2D eigenvalue weighted by molar-refractivity contribution is 9.10. The molecule has 2 heterocycles. The van der Waals surface area contributed by atoms with Crippen LogP contribution in [0.25, 0.3) is 16.9 Å². The second-order valence-electron chi connectivity index (χ2n) is 6.61. The van der Waals surface area contributed by atoms with Crippen LogP contribution in [0.4, 0.5) is 5.82 Å². The van der Waals surface area contributed by atoms with Gasteiger partial charge in [0.1, 0.15) is 10.7 Å². The van der Waals surface area contributed by atoms with Crippen molar-refractivity contribution in [1.82, 2.24) is 19.3 Å². The van der Waals surface area contributed by atoms with Crippen LogP contribution in [0.1, 0.15) is 7.43 Å². The van der Waals surface area contributed by atoms with Crippen LogP contribution in [-0.4, -0.2) is 36.1 Å². The lowest BCUT2D eigenvalue weighted by molar-refractivity contribution is 0.583. The van der Waals surface area contributed by atoms with Gasteiger partial charge in [-0.3, -0.25) is 0 Å². The lowest BCUT2D eigenvalue weighted by atomic mass is 10.1. The number of benzene rings is 2. The fourth-order valence-electron chi connectivity index (χ4n) is 3.01. The third kappa shape index (κ3) is 5.45. The van der Waals surface area contributed by atoms with Crippen molar-refractivity contribution in [2.24, 2.45) is 0 Å². The van der Waals surface area contributed by atoms with Crippen LogP contribution in [-0.2, 0) is 10.0 Å². The van der Waals surface area contributed by atoms with Crippen LogP contribution in [0.3, 0.4) is 0 Å². The van der Waals surface area contributed by atoms with Crippen LogP contribution in [0, 0.1) is 0 Å². The van der Waals surface area contributed by atoms with E-state index in [1.165, 1.54) is 18.2 Å². The molecule has 12 heteroatoms. The lowest BCUT2D eigenvalue weighted by Crippen LogP contribution is -2.29. The van der Waals surface area contributed by atoms with E-state index in [9.17, 15) is 8.42 Å². The summed E-state index contributed by atoms with van der Waals surface area (Å²) in [5.74, 6) is 0.621. The molecular weight excluding hydrogens is 573 g/mol. The summed E-state index contributed by atoms with van der Waals surface area (Å²) in [7, 11) is -3.83. The number of fused-ring (bicyclic) bond motifs is 1. The third-order valence-corrected chi connectivity index (χ3v) is 7.83. The van der Waals surface area contributed by atoms with E-state index in [0.717, 1.165) is 5.56 Å². The van der Waals surface area contributed by atoms with Crippen molar-refractivity contribution in [3.05, 3.63) is 74.3 Å². The summed E-state index contributed by atoms with van der Waals surface area (Å²) in [6, 6.07) is 13.6. The van der Waals surface area contributed by atoms with Gasteiger partial charge in [0.05, 0.1) is 26.4 Å². The molecule has 0 atom stereocenters. The Bertz CT molecular complexity index is 1410. The molecular formula is C21H19BrCl3N5O2S. The van der Waals surface area contributed by atoms with Crippen molar-refractivity contribution in [2.45, 2.75) is 12.3 Å². The number of anilines is 1. The molecule has 2 aromatic carbocycles. The lowest BCUT2D eigenvalue weighted by Gasteiger charge is -2.13. The normalized spacial score (nSPS) is 11.4. The standard InChI is InChI=1S/C20H15BrCl3N5O2S.CH4/c21-13-11-26-29-18(10-16(28-20(13)29)12-4-1-2-5-14(12)22)25-8-9-27-32(30,31)17-7-3-6-15(23)19(17)24;/h1-7,10-11,25,27H,8-9H2;1H4. The van der Waals surface area contributed by atoms with Crippen molar-refractivity contribution in [1.29, 1.82) is 0 Å². The summed E-state index contributed by atoms with van der Waals surface area (Å²) in [4.78, 5) is 4.57. The van der Waals surface area contributed by atoms with Gasteiger partial charge in [0.25, 0.3) is 0 Å². The second kappa shape index (κ2) is 10.6. The van der Waals surface area contributed by atoms with Gasteiger partial charge in [-0.2, -0.15) is 9.61 Å². The number of hydrogen-bond donors (Lipinski definition) is 2. The predicted octanol–water partition coefficient (Wildman–Crippen LogP) is 6.15. The van der Waals surface area contributed by atoms with Crippen molar-refractivity contribution in [2.75, 3.05) is 18.4 Å². The molecule has 2 aromatic heterocycles. The number of halogens is 4. The van der Waals surface area contributed by atoms with Crippen LogP contribution < -0.4 is 10.0 Å². The van der Waals surface area contributed by atoms with Crippen LogP contribution in [0.15, 0.2) is 64.1 Å². The molecule has 2 N–H and O–H groups in total. The average Bonchev–Trinajstić information content (AvgIpc) is 3.14. The van der Waals surface area contributed by atoms with Gasteiger partial charge in [-0.25, -0.2) is 18.1 Å². The molecule has 4 rings (SSSR count). The van der Waals surface area contributed by atoms with Gasteiger partial charge in [0.2, 0.25) is 10.0 Å². The SMILES string of the molecule is C.O=S(=O)(NCCNc1cc(-c2ccccc2Cl)nc2c(Br)cnn12)c1cccc(Cl)c1Cl. The van der Waals surface area contributed by atoms with E-state index >= 15 is 0 Å². The summed E-state index contributed by atoms with van der Waals surface area (Å²) >= 11 is 21.8. The summed E-state index contributed by atoms with van der Waals surface area (Å²) in [5, 5.41) is 8.22. The Morgan fingerprint density at radius 3 is 2.48 bits per heavy atom. The number of rotatable bonds is 7. The summed E-state index contributed by atoms with van der Waals surface area (Å²) in [6.07, 6.45) is 1.63. The van der Waals surface area contributed by atoms with Gasteiger partial charge < -0.3 is 5.32 Å². The van der Waals surface area contributed by atoms with E-state index in [2.05, 4.69) is 36.1 Å². The van der Waals surface area contributed by atoms with E-state index in [1.54, 1.807) is 22.8 Å². The number of nitrogens with one attached hydrogen (secondary N) is 2. The first-order chi connectivity index (χ1) is 15.3. The highest BCUT2D eigenvalue weighted by atomic mass is 79.9. The highest BCUT2D eigenvalue weighted by Gasteiger charge is 2.19. The van der Waals surface area contributed by atoms with Crippen molar-refractivity contribution < 1.29 is 8.42 Å². The van der Waals surface area contributed by atoms with E-state index in [0.29, 0.717) is 26.7 Å². The maximum Gasteiger partial charge on any atom is 0.242 e. The van der Waals surface area contributed by atoms with E-state index < -0.39 is 10.0 Å². The molecule has 0 unspecified atom stereocenters. The van der Waals surface area contributed by atoms with Gasteiger partial charge in [0.15, 0.2) is 5.65 Å². The fraction of sp³-hybridized carbons (Fsp3) is 0.143. The first-order valence-electron chi connectivity index (χ1n) is 9.24. The van der Waals surface area contributed by atoms with Crippen molar-refractivity contribution in [3.63, 3.8) is 0 Å². The van der Waals surface area contributed by atoms with Crippen molar-refractivity contribution in [3.8, 4) is 11.3 Å². The molecule has 0 saturated heterocycles. The van der Waals surface area contributed by atoms with Gasteiger partial charge in [-0.1, -0.05) is 66.5 Å². The zero-order valence-electron chi connectivity index (χ0n) is 16.2. The highest BCUT2D eigenvalue weighted by Crippen LogP contribution is 2.31. The predicted molar refractivity (Wildman–Crippen MR) is 138 cm³/mol. The van der Waals surface area contributed by atoms with Crippen LogP contribution >= 0.6 is 50.7 Å². The Morgan fingerprint density at radius 1 is 1.00 bits per heavy atom. The Kier molecular flexibility index (Phi) is 8.26. The molecule has 0 fully saturated rings. The summed E-state index contributed by atoms with van der Waals surface area (Å²) in [5.41, 5.74) is 2.01. The molecule has 0 spiro atoms. The second-order valence-corrected chi connectivity index (χ2v) is 10.4. The molecule has 7 nitrogen and oxygen atoms in total. The van der Waals surface area contributed by atoms with E-state index in [4.69, 9.17) is 34.8 Å². The molecule has 0 aliphatic heterocycles. The maximum absolute atomic E-state index is 12.6. The quantitative estimate of drug-likeness (QED) is 0.252. The largest absolute Gasteiger partial charge is 0.369 e. The molecule has 0 aliphatic rings. The molecule has 4 aromatic rings. The Hall–Kier alpha value is -1.88. The van der Waals surface area contributed by atoms with Crippen LogP contribution in [0.2, 0.25) is 15.1 Å². The summed E-state index contributed by atoms with van der Waals surface area (Å²) < 4.78 is 30.0. The minimum absolute atomic E-state index is 0. The zero-order valence-corrected chi connectivity index (χ0v) is 20.9.